The van der Waals surface area contributed by atoms with Crippen LogP contribution in [0.4, 0.5) is 0 Å². The van der Waals surface area contributed by atoms with Gasteiger partial charge in [0.2, 0.25) is 0 Å². The first-order valence-corrected chi connectivity index (χ1v) is 13.2. The number of hydrogen-bond acceptors (Lipinski definition) is 10. The van der Waals surface area contributed by atoms with E-state index < -0.39 is 76.9 Å². The Morgan fingerprint density at radius 3 is 2.13 bits per heavy atom. The molecule has 10 nitrogen and oxygen atoms in total. The fourth-order valence-electron chi connectivity index (χ4n) is 7.06. The molecule has 3 aliphatic rings. The Kier molecular flexibility index (Phi) is 8.39. The SMILES string of the molecule is CC(=O)O[C@H]1CC[C@@](C)(OC(C)=O)[C@@H]2O[C@H](C[C@]1(C)O)[C@H]1C(C)=C[C@@H](OC(C)=O)[C@H](C(C)(C)OC(C)=O)[C@H]12. The number of rotatable bonds is 5. The quantitative estimate of drug-likeness (QED) is 0.316. The second-order valence-electron chi connectivity index (χ2n) is 12.0. The number of esters is 4. The predicted octanol–water partition coefficient (Wildman–Crippen LogP) is 3.02. The molecule has 2 fully saturated rings. The Morgan fingerprint density at radius 1 is 1.00 bits per heavy atom. The Balaban J connectivity index is 2.22. The standard InChI is InChI=1S/C28H42O10/c1-14-12-19(34-15(2)29)24(26(6,7)37-17(4)31)23-22(14)20-13-27(8,33)21(35-16(3)30)10-11-28(9,25(23)36-20)38-18(5)32/h12,19-25,33H,10-11,13H2,1-9H3/t19-,20-,21+,22-,23+,24+,25-,27+,28-/m1/s1. The fourth-order valence-corrected chi connectivity index (χ4v) is 7.06. The van der Waals surface area contributed by atoms with Crippen molar-refractivity contribution >= 4 is 23.9 Å². The van der Waals surface area contributed by atoms with Gasteiger partial charge in [0, 0.05) is 51.9 Å². The molecule has 2 bridgehead atoms. The highest BCUT2D eigenvalue weighted by atomic mass is 16.6. The van der Waals surface area contributed by atoms with Crippen LogP contribution in [0.5, 0.6) is 0 Å². The Bertz CT molecular complexity index is 998. The minimum Gasteiger partial charge on any atom is -0.460 e. The number of carbonyl (C=O) groups excluding carboxylic acids is 4. The van der Waals surface area contributed by atoms with Crippen LogP contribution in [0.25, 0.3) is 0 Å². The maximum atomic E-state index is 12.4. The predicted molar refractivity (Wildman–Crippen MR) is 134 cm³/mol. The summed E-state index contributed by atoms with van der Waals surface area (Å²) >= 11 is 0. The molecule has 0 spiro atoms. The van der Waals surface area contributed by atoms with E-state index in [-0.39, 0.29) is 25.2 Å². The lowest BCUT2D eigenvalue weighted by atomic mass is 9.60. The fraction of sp³-hybridized carbons (Fsp3) is 0.786. The van der Waals surface area contributed by atoms with Crippen LogP contribution in [0.15, 0.2) is 11.6 Å². The second kappa shape index (κ2) is 10.6. The summed E-state index contributed by atoms with van der Waals surface area (Å²) in [6, 6.07) is 0. The number of fused-ring (bicyclic) bond motifs is 5. The summed E-state index contributed by atoms with van der Waals surface area (Å²) in [6.45, 7) is 14.1. The van der Waals surface area contributed by atoms with E-state index in [4.69, 9.17) is 23.7 Å². The lowest BCUT2D eigenvalue weighted by Crippen LogP contribution is -2.58. The lowest BCUT2D eigenvalue weighted by Gasteiger charge is -2.49. The summed E-state index contributed by atoms with van der Waals surface area (Å²) in [6.07, 6.45) is -0.374. The van der Waals surface area contributed by atoms with Gasteiger partial charge in [0.25, 0.3) is 0 Å². The molecule has 38 heavy (non-hydrogen) atoms. The van der Waals surface area contributed by atoms with Gasteiger partial charge in [0.15, 0.2) is 0 Å². The largest absolute Gasteiger partial charge is 0.460 e. The molecule has 2 saturated heterocycles. The van der Waals surface area contributed by atoms with Crippen molar-refractivity contribution in [3.05, 3.63) is 11.6 Å². The van der Waals surface area contributed by atoms with Crippen LogP contribution in [0.3, 0.4) is 0 Å². The normalized spacial score (nSPS) is 38.9. The zero-order valence-corrected chi connectivity index (χ0v) is 23.9. The number of hydrogen-bond donors (Lipinski definition) is 1. The van der Waals surface area contributed by atoms with Crippen molar-refractivity contribution in [3.8, 4) is 0 Å². The molecule has 0 aromatic rings. The maximum absolute atomic E-state index is 12.4. The smallest absolute Gasteiger partial charge is 0.303 e. The van der Waals surface area contributed by atoms with Gasteiger partial charge in [-0.1, -0.05) is 5.57 Å². The van der Waals surface area contributed by atoms with Crippen LogP contribution in [-0.2, 0) is 42.9 Å². The first kappa shape index (κ1) is 30.1. The van der Waals surface area contributed by atoms with E-state index in [0.717, 1.165) is 5.57 Å². The van der Waals surface area contributed by atoms with E-state index in [1.165, 1.54) is 27.7 Å². The Labute approximate surface area is 224 Å². The van der Waals surface area contributed by atoms with Crippen molar-refractivity contribution in [3.63, 3.8) is 0 Å². The molecule has 0 aromatic heterocycles. The third kappa shape index (κ3) is 6.06. The molecular weight excluding hydrogens is 496 g/mol. The molecule has 9 atom stereocenters. The van der Waals surface area contributed by atoms with Gasteiger partial charge in [0.1, 0.15) is 35.1 Å². The van der Waals surface area contributed by atoms with Crippen molar-refractivity contribution in [2.75, 3.05) is 0 Å². The third-order valence-corrected chi connectivity index (χ3v) is 8.22. The molecule has 0 aromatic carbocycles. The zero-order chi connectivity index (χ0) is 28.8. The van der Waals surface area contributed by atoms with Crippen LogP contribution < -0.4 is 0 Å². The van der Waals surface area contributed by atoms with Gasteiger partial charge in [0.05, 0.1) is 6.10 Å². The van der Waals surface area contributed by atoms with Crippen LogP contribution in [-0.4, -0.2) is 70.2 Å². The van der Waals surface area contributed by atoms with E-state index in [1.54, 1.807) is 27.7 Å². The molecule has 3 rings (SSSR count). The van der Waals surface area contributed by atoms with Gasteiger partial charge in [-0.15, -0.1) is 0 Å². The van der Waals surface area contributed by atoms with Gasteiger partial charge in [-0.25, -0.2) is 0 Å². The van der Waals surface area contributed by atoms with Gasteiger partial charge >= 0.3 is 23.9 Å². The van der Waals surface area contributed by atoms with E-state index >= 15 is 0 Å². The minimum atomic E-state index is -1.44. The number of carbonyl (C=O) groups is 4. The summed E-state index contributed by atoms with van der Waals surface area (Å²) < 4.78 is 29.7. The Morgan fingerprint density at radius 2 is 1.61 bits per heavy atom. The highest BCUT2D eigenvalue weighted by Crippen LogP contribution is 2.56. The van der Waals surface area contributed by atoms with E-state index in [1.807, 2.05) is 13.0 Å². The Hall–Kier alpha value is -2.46. The minimum absolute atomic E-state index is 0.142. The summed E-state index contributed by atoms with van der Waals surface area (Å²) in [5, 5.41) is 11.6. The van der Waals surface area contributed by atoms with Gasteiger partial charge in [-0.3, -0.25) is 19.2 Å². The average molecular weight is 539 g/mol. The number of ether oxygens (including phenoxy) is 5. The summed E-state index contributed by atoms with van der Waals surface area (Å²) in [7, 11) is 0. The third-order valence-electron chi connectivity index (χ3n) is 8.22. The van der Waals surface area contributed by atoms with Crippen molar-refractivity contribution in [1.82, 2.24) is 0 Å². The molecule has 0 amide bonds. The zero-order valence-electron chi connectivity index (χ0n) is 23.9. The first-order chi connectivity index (χ1) is 17.4. The molecule has 10 heteroatoms. The molecule has 0 radical (unpaired) electrons. The molecular formula is C28H42O10. The van der Waals surface area contributed by atoms with E-state index in [9.17, 15) is 24.3 Å². The monoisotopic (exact) mass is 538 g/mol. The van der Waals surface area contributed by atoms with Crippen LogP contribution in [0.2, 0.25) is 0 Å². The average Bonchev–Trinajstić information content (AvgIpc) is 3.08. The molecule has 1 N–H and O–H groups in total. The van der Waals surface area contributed by atoms with Crippen molar-refractivity contribution in [2.24, 2.45) is 17.8 Å². The molecule has 0 saturated carbocycles. The van der Waals surface area contributed by atoms with Gasteiger partial charge in [-0.2, -0.15) is 0 Å². The van der Waals surface area contributed by atoms with Crippen molar-refractivity contribution < 1.29 is 48.0 Å². The van der Waals surface area contributed by atoms with E-state index in [2.05, 4.69) is 0 Å². The molecule has 2 heterocycles. The topological polar surface area (TPSA) is 135 Å². The molecule has 2 aliphatic heterocycles. The van der Waals surface area contributed by atoms with Gasteiger partial charge < -0.3 is 28.8 Å². The van der Waals surface area contributed by atoms with Gasteiger partial charge in [-0.05, 0) is 53.5 Å². The summed E-state index contributed by atoms with van der Waals surface area (Å²) in [4.78, 5) is 48.5. The molecule has 0 unspecified atom stereocenters. The summed E-state index contributed by atoms with van der Waals surface area (Å²) in [5.41, 5.74) is -2.84. The summed E-state index contributed by atoms with van der Waals surface area (Å²) in [5.74, 6) is -3.25. The van der Waals surface area contributed by atoms with E-state index in [0.29, 0.717) is 0 Å². The first-order valence-electron chi connectivity index (χ1n) is 13.2. The van der Waals surface area contributed by atoms with Crippen LogP contribution >= 0.6 is 0 Å². The number of aliphatic hydroxyl groups is 1. The molecule has 214 valence electrons. The lowest BCUT2D eigenvalue weighted by molar-refractivity contribution is -0.192. The second-order valence-corrected chi connectivity index (χ2v) is 12.0. The molecule has 1 aliphatic carbocycles. The van der Waals surface area contributed by atoms with Crippen LogP contribution in [0, 0.1) is 17.8 Å². The highest BCUT2D eigenvalue weighted by Gasteiger charge is 2.64. The van der Waals surface area contributed by atoms with Crippen molar-refractivity contribution in [2.45, 2.75) is 123 Å². The highest BCUT2D eigenvalue weighted by molar-refractivity contribution is 5.68. The van der Waals surface area contributed by atoms with Crippen LogP contribution in [0.1, 0.15) is 81.6 Å². The van der Waals surface area contributed by atoms with Crippen molar-refractivity contribution in [1.29, 1.82) is 0 Å². The maximum Gasteiger partial charge on any atom is 0.303 e.